The molecule has 2 N–H and O–H groups in total. The van der Waals surface area contributed by atoms with E-state index in [-0.39, 0.29) is 28.2 Å². The summed E-state index contributed by atoms with van der Waals surface area (Å²) in [5.74, 6) is 0.0456. The Bertz CT molecular complexity index is 1190. The molecule has 0 spiro atoms. The highest BCUT2D eigenvalue weighted by atomic mass is 32.2. The van der Waals surface area contributed by atoms with Crippen LogP contribution in [-0.4, -0.2) is 5.51 Å². The van der Waals surface area contributed by atoms with Crippen molar-refractivity contribution in [1.82, 2.24) is 0 Å². The zero-order valence-electron chi connectivity index (χ0n) is 19.2. The Morgan fingerprint density at radius 1 is 0.912 bits per heavy atom. The zero-order chi connectivity index (χ0) is 24.5. The van der Waals surface area contributed by atoms with Crippen LogP contribution in [-0.2, 0) is 6.42 Å². The van der Waals surface area contributed by atoms with E-state index < -0.39 is 5.51 Å². The number of thioether (sulfide) groups is 1. The van der Waals surface area contributed by atoms with Crippen LogP contribution in [0.1, 0.15) is 66.8 Å². The first kappa shape index (κ1) is 24.4. The van der Waals surface area contributed by atoms with E-state index in [9.17, 15) is 13.2 Å². The van der Waals surface area contributed by atoms with Gasteiger partial charge in [-0.25, -0.2) is 4.39 Å². The van der Waals surface area contributed by atoms with Crippen LogP contribution in [0.5, 0.6) is 0 Å². The molecule has 34 heavy (non-hydrogen) atoms. The lowest BCUT2D eigenvalue weighted by Crippen LogP contribution is -2.02. The van der Waals surface area contributed by atoms with Crippen LogP contribution in [0.3, 0.4) is 0 Å². The van der Waals surface area contributed by atoms with E-state index in [2.05, 4.69) is 38.1 Å². The number of alkyl halides is 3. The van der Waals surface area contributed by atoms with Crippen LogP contribution >= 0.6 is 11.8 Å². The third kappa shape index (κ3) is 5.17. The van der Waals surface area contributed by atoms with Gasteiger partial charge < -0.3 is 5.73 Å². The molecule has 1 aliphatic carbocycles. The summed E-state index contributed by atoms with van der Waals surface area (Å²) >= 11 is -0.124. The van der Waals surface area contributed by atoms with Crippen LogP contribution in [0, 0.1) is 5.82 Å². The van der Waals surface area contributed by atoms with Gasteiger partial charge in [0.15, 0.2) is 0 Å². The van der Waals surface area contributed by atoms with Crippen LogP contribution < -0.4 is 5.73 Å². The first-order chi connectivity index (χ1) is 16.2. The van der Waals surface area contributed by atoms with E-state index in [0.29, 0.717) is 24.3 Å². The monoisotopic (exact) mass is 485 g/mol. The first-order valence-electron chi connectivity index (χ1n) is 11.4. The third-order valence-electron chi connectivity index (χ3n) is 6.51. The van der Waals surface area contributed by atoms with Gasteiger partial charge in [-0.1, -0.05) is 56.3 Å². The normalized spacial score (nSPS) is 15.1. The molecule has 3 aromatic carbocycles. The number of nitrogens with two attached hydrogens (primary N) is 1. The van der Waals surface area contributed by atoms with Gasteiger partial charge in [-0.15, -0.1) is 0 Å². The third-order valence-corrected chi connectivity index (χ3v) is 7.25. The minimum absolute atomic E-state index is 0.124. The fourth-order valence-corrected chi connectivity index (χ4v) is 5.08. The molecule has 0 saturated carbocycles. The maximum absolute atomic E-state index is 15.1. The van der Waals surface area contributed by atoms with E-state index >= 15 is 4.39 Å². The summed E-state index contributed by atoms with van der Waals surface area (Å²) in [7, 11) is 0. The highest BCUT2D eigenvalue weighted by Gasteiger charge is 2.29. The van der Waals surface area contributed by atoms with Crippen LogP contribution in [0.4, 0.5) is 23.2 Å². The Labute approximate surface area is 202 Å². The topological polar surface area (TPSA) is 26.0 Å². The van der Waals surface area contributed by atoms with Gasteiger partial charge in [0.25, 0.3) is 0 Å². The number of nitrogen functional groups attached to an aromatic ring is 1. The van der Waals surface area contributed by atoms with Crippen molar-refractivity contribution in [2.24, 2.45) is 0 Å². The Kier molecular flexibility index (Phi) is 7.08. The average molecular weight is 486 g/mol. The molecule has 0 fully saturated rings. The second-order valence-electron chi connectivity index (χ2n) is 8.71. The van der Waals surface area contributed by atoms with E-state index in [0.717, 1.165) is 40.7 Å². The highest BCUT2D eigenvalue weighted by molar-refractivity contribution is 8.00. The van der Waals surface area contributed by atoms with Crippen molar-refractivity contribution < 1.29 is 17.6 Å². The van der Waals surface area contributed by atoms with Crippen LogP contribution in [0.15, 0.2) is 65.6 Å². The Hall–Kier alpha value is -2.73. The largest absolute Gasteiger partial charge is 0.446 e. The molecule has 0 aromatic heterocycles. The number of benzene rings is 3. The molecular weight excluding hydrogens is 458 g/mol. The molecule has 1 nitrogen and oxygen atoms in total. The Morgan fingerprint density at radius 2 is 1.56 bits per heavy atom. The van der Waals surface area contributed by atoms with Gasteiger partial charge >= 0.3 is 5.51 Å². The van der Waals surface area contributed by atoms with Crippen LogP contribution in [0.25, 0.3) is 11.1 Å². The Morgan fingerprint density at radius 3 is 2.18 bits per heavy atom. The maximum atomic E-state index is 15.1. The average Bonchev–Trinajstić information content (AvgIpc) is 3.01. The molecule has 178 valence electrons. The lowest BCUT2D eigenvalue weighted by atomic mass is 9.86. The number of fused-ring (bicyclic) bond motifs is 1. The van der Waals surface area contributed by atoms with Crippen molar-refractivity contribution in [2.75, 3.05) is 5.73 Å². The summed E-state index contributed by atoms with van der Waals surface area (Å²) in [5.41, 5.74) is 8.02. The van der Waals surface area contributed by atoms with E-state index in [1.165, 1.54) is 17.7 Å². The summed E-state index contributed by atoms with van der Waals surface area (Å²) in [6.07, 6.45) is 2.98. The van der Waals surface area contributed by atoms with Gasteiger partial charge in [0, 0.05) is 4.90 Å². The molecule has 0 amide bonds. The SMILES string of the molecule is CCC(C)c1ccc(C2=C(c3ccc(SC(F)(F)F)cc3)CCCc3c2ccc(N)c3F)cc1. The molecule has 0 radical (unpaired) electrons. The molecule has 1 atom stereocenters. The number of hydrogen-bond donors (Lipinski definition) is 1. The highest BCUT2D eigenvalue weighted by Crippen LogP contribution is 2.43. The van der Waals surface area contributed by atoms with Gasteiger partial charge in [0.05, 0.1) is 5.69 Å². The molecule has 0 bridgehead atoms. The maximum Gasteiger partial charge on any atom is 0.446 e. The standard InChI is InChI=1S/C28H27F4NS/c1-3-17(2)18-7-9-20(10-8-18)26-22(19-11-13-21(14-12-19)34-28(30,31)32)5-4-6-24-23(26)15-16-25(33)27(24)29/h7-17H,3-6,33H2,1-2H3. The summed E-state index contributed by atoms with van der Waals surface area (Å²) in [6.45, 7) is 4.33. The van der Waals surface area contributed by atoms with Crippen molar-refractivity contribution >= 4 is 28.6 Å². The van der Waals surface area contributed by atoms with E-state index in [1.807, 2.05) is 6.07 Å². The molecule has 6 heteroatoms. The number of anilines is 1. The molecule has 0 aliphatic heterocycles. The lowest BCUT2D eigenvalue weighted by molar-refractivity contribution is -0.0328. The quantitative estimate of drug-likeness (QED) is 0.222. The van der Waals surface area contributed by atoms with Crippen LogP contribution in [0.2, 0.25) is 0 Å². The zero-order valence-corrected chi connectivity index (χ0v) is 20.0. The second kappa shape index (κ2) is 9.87. The van der Waals surface area contributed by atoms with Gasteiger partial charge in [0.1, 0.15) is 5.82 Å². The summed E-state index contributed by atoms with van der Waals surface area (Å²) in [6, 6.07) is 18.3. The molecule has 1 aliphatic rings. The predicted octanol–water partition coefficient (Wildman–Crippen LogP) is 8.83. The molecule has 0 heterocycles. The van der Waals surface area contributed by atoms with Crippen molar-refractivity contribution in [3.8, 4) is 0 Å². The van der Waals surface area contributed by atoms with Crippen molar-refractivity contribution in [1.29, 1.82) is 0 Å². The van der Waals surface area contributed by atoms with Crippen molar-refractivity contribution in [2.45, 2.75) is 55.9 Å². The fourth-order valence-electron chi connectivity index (χ4n) is 4.54. The Balaban J connectivity index is 1.88. The smallest absolute Gasteiger partial charge is 0.396 e. The van der Waals surface area contributed by atoms with Crippen molar-refractivity contribution in [3.63, 3.8) is 0 Å². The number of hydrogen-bond acceptors (Lipinski definition) is 2. The van der Waals surface area contributed by atoms with E-state index in [1.54, 1.807) is 18.2 Å². The second-order valence-corrected chi connectivity index (χ2v) is 9.84. The minimum atomic E-state index is -4.33. The first-order valence-corrected chi connectivity index (χ1v) is 12.3. The molecule has 4 rings (SSSR count). The molecular formula is C28H27F4NS. The minimum Gasteiger partial charge on any atom is -0.396 e. The summed E-state index contributed by atoms with van der Waals surface area (Å²) < 4.78 is 53.4. The van der Waals surface area contributed by atoms with Gasteiger partial charge in [0.2, 0.25) is 0 Å². The molecule has 1 unspecified atom stereocenters. The number of halogens is 4. The van der Waals surface area contributed by atoms with Crippen molar-refractivity contribution in [3.05, 3.63) is 94.3 Å². The number of rotatable bonds is 5. The van der Waals surface area contributed by atoms with Gasteiger partial charge in [-0.2, -0.15) is 13.2 Å². The summed E-state index contributed by atoms with van der Waals surface area (Å²) in [4.78, 5) is 0.143. The summed E-state index contributed by atoms with van der Waals surface area (Å²) in [5, 5.41) is 0. The van der Waals surface area contributed by atoms with Gasteiger partial charge in [-0.05, 0) is 101 Å². The molecule has 3 aromatic rings. The fraction of sp³-hybridized carbons (Fsp3) is 0.286. The number of allylic oxidation sites excluding steroid dienone is 1. The van der Waals surface area contributed by atoms with E-state index in [4.69, 9.17) is 5.73 Å². The predicted molar refractivity (Wildman–Crippen MR) is 133 cm³/mol. The lowest BCUT2D eigenvalue weighted by Gasteiger charge is -2.18. The molecule has 0 saturated heterocycles. The van der Waals surface area contributed by atoms with Gasteiger partial charge in [-0.3, -0.25) is 0 Å².